The van der Waals surface area contributed by atoms with Gasteiger partial charge in [-0.05, 0) is 36.4 Å². The topological polar surface area (TPSA) is 117 Å². The number of hydrogen-bond donors (Lipinski definition) is 1. The summed E-state index contributed by atoms with van der Waals surface area (Å²) in [6, 6.07) is 11.2. The number of rotatable bonds is 10. The Balaban J connectivity index is 1.90. The predicted molar refractivity (Wildman–Crippen MR) is 133 cm³/mol. The van der Waals surface area contributed by atoms with Crippen molar-refractivity contribution in [3.63, 3.8) is 0 Å². The molecule has 10 heteroatoms. The van der Waals surface area contributed by atoms with Crippen LogP contribution in [0.4, 0.5) is 0 Å². The Morgan fingerprint density at radius 2 is 1.69 bits per heavy atom. The molecule has 184 valence electrons. The molecule has 4 rings (SSSR count). The van der Waals surface area contributed by atoms with Crippen molar-refractivity contribution in [3.05, 3.63) is 73.9 Å². The summed E-state index contributed by atoms with van der Waals surface area (Å²) >= 11 is 6.12. The molecule has 0 aliphatic carbocycles. The smallest absolute Gasteiger partial charge is 0.344 e. The number of benzene rings is 2. The molecule has 0 unspecified atom stereocenters. The molecule has 0 fully saturated rings. The third-order valence-corrected chi connectivity index (χ3v) is 5.92. The fraction of sp³-hybridized carbons (Fsp3) is 0.280. The SMILES string of the molecule is COCCN(CCOC)Cc1c(ON)ccc2c(-c3cc4cc(Cl)ccc4oc3=O)cc(=O)oc12. The molecule has 2 N–H and O–H groups in total. The van der Waals surface area contributed by atoms with Crippen LogP contribution in [0, 0.1) is 0 Å². The highest BCUT2D eigenvalue weighted by Gasteiger charge is 2.20. The Bertz CT molecular complexity index is 1460. The van der Waals surface area contributed by atoms with E-state index in [0.717, 1.165) is 0 Å². The van der Waals surface area contributed by atoms with Crippen LogP contribution in [0.2, 0.25) is 5.02 Å². The average Bonchev–Trinajstić information content (AvgIpc) is 2.85. The van der Waals surface area contributed by atoms with E-state index in [1.165, 1.54) is 6.07 Å². The lowest BCUT2D eigenvalue weighted by Gasteiger charge is -2.23. The summed E-state index contributed by atoms with van der Waals surface area (Å²) < 4.78 is 21.6. The largest absolute Gasteiger partial charge is 0.422 e. The molecule has 2 aromatic carbocycles. The molecular weight excluding hydrogens is 476 g/mol. The van der Waals surface area contributed by atoms with Gasteiger partial charge in [0.05, 0.1) is 24.3 Å². The van der Waals surface area contributed by atoms with Gasteiger partial charge < -0.3 is 23.1 Å². The third-order valence-electron chi connectivity index (χ3n) is 5.69. The van der Waals surface area contributed by atoms with Gasteiger partial charge in [0.2, 0.25) is 0 Å². The molecule has 2 aromatic heterocycles. The first-order valence-electron chi connectivity index (χ1n) is 10.9. The Morgan fingerprint density at radius 3 is 2.37 bits per heavy atom. The summed E-state index contributed by atoms with van der Waals surface area (Å²) in [5.41, 5.74) is 0.577. The maximum Gasteiger partial charge on any atom is 0.344 e. The maximum absolute atomic E-state index is 12.9. The minimum atomic E-state index is -0.631. The standard InChI is InChI=1S/C25H25ClN2O7/c1-31-9-7-28(8-10-32-2)14-20-22(35-27)6-4-17-18(13-23(29)34-24(17)20)19-12-15-11-16(26)3-5-21(15)33-25(19)30/h3-6,11-13H,7-10,14,27H2,1-2H3. The number of fused-ring (bicyclic) bond motifs is 2. The second-order valence-corrected chi connectivity index (χ2v) is 8.34. The molecule has 0 saturated carbocycles. The summed E-state index contributed by atoms with van der Waals surface area (Å²) in [4.78, 5) is 32.7. The highest BCUT2D eigenvalue weighted by atomic mass is 35.5. The van der Waals surface area contributed by atoms with Crippen LogP contribution in [0.3, 0.4) is 0 Å². The van der Waals surface area contributed by atoms with E-state index in [4.69, 9.17) is 40.6 Å². The van der Waals surface area contributed by atoms with Crippen LogP contribution in [0.5, 0.6) is 5.75 Å². The van der Waals surface area contributed by atoms with E-state index in [-0.39, 0.29) is 11.1 Å². The zero-order valence-electron chi connectivity index (χ0n) is 19.3. The number of nitrogens with zero attached hydrogens (tertiary/aromatic N) is 1. The van der Waals surface area contributed by atoms with E-state index in [1.807, 2.05) is 0 Å². The average molecular weight is 501 g/mol. The zero-order valence-corrected chi connectivity index (χ0v) is 20.1. The number of methoxy groups -OCH3 is 2. The van der Waals surface area contributed by atoms with Gasteiger partial charge in [-0.2, -0.15) is 5.90 Å². The molecule has 0 saturated heterocycles. The fourth-order valence-electron chi connectivity index (χ4n) is 3.96. The molecule has 0 bridgehead atoms. The lowest BCUT2D eigenvalue weighted by atomic mass is 9.99. The van der Waals surface area contributed by atoms with Crippen molar-refractivity contribution in [2.75, 3.05) is 40.5 Å². The number of halogens is 1. The normalized spacial score (nSPS) is 11.6. The molecular formula is C25H25ClN2O7. The minimum Gasteiger partial charge on any atom is -0.422 e. The first-order chi connectivity index (χ1) is 16.9. The van der Waals surface area contributed by atoms with Crippen molar-refractivity contribution in [1.82, 2.24) is 4.90 Å². The van der Waals surface area contributed by atoms with Gasteiger partial charge in [0, 0.05) is 61.3 Å². The van der Waals surface area contributed by atoms with Crippen molar-refractivity contribution >= 4 is 33.5 Å². The second-order valence-electron chi connectivity index (χ2n) is 7.91. The fourth-order valence-corrected chi connectivity index (χ4v) is 4.14. The third kappa shape index (κ3) is 5.39. The number of ether oxygens (including phenoxy) is 2. The van der Waals surface area contributed by atoms with Crippen LogP contribution in [0.15, 0.2) is 60.9 Å². The molecule has 35 heavy (non-hydrogen) atoms. The van der Waals surface area contributed by atoms with Crippen LogP contribution >= 0.6 is 11.6 Å². The molecule has 0 aliphatic rings. The molecule has 9 nitrogen and oxygen atoms in total. The lowest BCUT2D eigenvalue weighted by molar-refractivity contribution is 0.109. The van der Waals surface area contributed by atoms with E-state index < -0.39 is 11.3 Å². The Kier molecular flexibility index (Phi) is 7.84. The van der Waals surface area contributed by atoms with Crippen LogP contribution in [-0.2, 0) is 16.0 Å². The van der Waals surface area contributed by atoms with Gasteiger partial charge in [-0.1, -0.05) is 11.6 Å². The minimum absolute atomic E-state index is 0.209. The predicted octanol–water partition coefficient (Wildman–Crippen LogP) is 3.57. The molecule has 2 heterocycles. The van der Waals surface area contributed by atoms with E-state index in [1.54, 1.807) is 50.6 Å². The Morgan fingerprint density at radius 1 is 0.943 bits per heavy atom. The molecule has 0 spiro atoms. The monoisotopic (exact) mass is 500 g/mol. The van der Waals surface area contributed by atoms with Gasteiger partial charge in [-0.15, -0.1) is 0 Å². The van der Waals surface area contributed by atoms with Crippen molar-refractivity contribution in [2.24, 2.45) is 5.90 Å². The van der Waals surface area contributed by atoms with Crippen molar-refractivity contribution in [2.45, 2.75) is 6.54 Å². The van der Waals surface area contributed by atoms with Gasteiger partial charge in [0.25, 0.3) is 0 Å². The highest BCUT2D eigenvalue weighted by Crippen LogP contribution is 2.34. The van der Waals surface area contributed by atoms with Gasteiger partial charge in [-0.3, -0.25) is 4.90 Å². The van der Waals surface area contributed by atoms with Crippen molar-refractivity contribution in [1.29, 1.82) is 0 Å². The first kappa shape index (κ1) is 24.9. The van der Waals surface area contributed by atoms with Gasteiger partial charge in [0.15, 0.2) is 5.75 Å². The molecule has 4 aromatic rings. The summed E-state index contributed by atoms with van der Waals surface area (Å²) in [6.45, 7) is 2.51. The van der Waals surface area contributed by atoms with Gasteiger partial charge in [-0.25, -0.2) is 9.59 Å². The van der Waals surface area contributed by atoms with Crippen molar-refractivity contribution in [3.8, 4) is 16.9 Å². The first-order valence-corrected chi connectivity index (χ1v) is 11.2. The molecule has 0 amide bonds. The molecule has 0 aliphatic heterocycles. The van der Waals surface area contributed by atoms with E-state index in [9.17, 15) is 9.59 Å². The lowest BCUT2D eigenvalue weighted by Crippen LogP contribution is -2.30. The summed E-state index contributed by atoms with van der Waals surface area (Å²) in [7, 11) is 3.24. The zero-order chi connectivity index (χ0) is 24.9. The van der Waals surface area contributed by atoms with Crippen LogP contribution in [0.1, 0.15) is 5.56 Å². The van der Waals surface area contributed by atoms with Crippen LogP contribution in [0.25, 0.3) is 33.1 Å². The quantitative estimate of drug-likeness (QED) is 0.257. The van der Waals surface area contributed by atoms with E-state index in [0.29, 0.717) is 71.1 Å². The highest BCUT2D eigenvalue weighted by molar-refractivity contribution is 6.31. The summed E-state index contributed by atoms with van der Waals surface area (Å²) in [6.07, 6.45) is 0. The van der Waals surface area contributed by atoms with Gasteiger partial charge in [0.1, 0.15) is 11.2 Å². The summed E-state index contributed by atoms with van der Waals surface area (Å²) in [5.74, 6) is 5.88. The van der Waals surface area contributed by atoms with Crippen molar-refractivity contribution < 1.29 is 23.1 Å². The maximum atomic E-state index is 12.9. The molecule has 0 radical (unpaired) electrons. The molecule has 0 atom stereocenters. The number of hydrogen-bond acceptors (Lipinski definition) is 9. The van der Waals surface area contributed by atoms with Crippen LogP contribution in [-0.4, -0.2) is 45.4 Å². The van der Waals surface area contributed by atoms with Crippen LogP contribution < -0.4 is 22.0 Å². The Hall–Kier alpha value is -3.21. The van der Waals surface area contributed by atoms with E-state index in [2.05, 4.69) is 4.90 Å². The Labute approximate surface area is 205 Å². The summed E-state index contributed by atoms with van der Waals surface area (Å²) in [5, 5.41) is 1.66. The number of nitrogens with two attached hydrogens (primary N) is 1. The van der Waals surface area contributed by atoms with E-state index >= 15 is 0 Å². The second kappa shape index (κ2) is 11.0. The van der Waals surface area contributed by atoms with Gasteiger partial charge >= 0.3 is 11.3 Å².